The minimum Gasteiger partial charge on any atom is -0.465 e. The summed E-state index contributed by atoms with van der Waals surface area (Å²) in [5.41, 5.74) is 5.72. The Bertz CT molecular complexity index is 741. The maximum Gasteiger partial charge on any atom is 0.339 e. The number of aromatic amines is 1. The van der Waals surface area contributed by atoms with Crippen molar-refractivity contribution in [1.29, 1.82) is 0 Å². The van der Waals surface area contributed by atoms with Crippen LogP contribution in [0.25, 0.3) is 0 Å². The number of imidazole rings is 1. The lowest BCUT2D eigenvalue weighted by Crippen LogP contribution is -2.26. The quantitative estimate of drug-likeness (QED) is 0.537. The van der Waals surface area contributed by atoms with Gasteiger partial charge in [-0.1, -0.05) is 0 Å². The number of methoxy groups -OCH3 is 1. The van der Waals surface area contributed by atoms with Crippen LogP contribution < -0.4 is 10.5 Å². The van der Waals surface area contributed by atoms with Crippen LogP contribution >= 0.6 is 0 Å². The second kappa shape index (κ2) is 5.94. The zero-order valence-corrected chi connectivity index (χ0v) is 12.0. The van der Waals surface area contributed by atoms with Crippen molar-refractivity contribution in [2.45, 2.75) is 11.4 Å². The van der Waals surface area contributed by atoms with Gasteiger partial charge in [-0.25, -0.2) is 22.9 Å². The van der Waals surface area contributed by atoms with Crippen molar-refractivity contribution >= 4 is 21.7 Å². The van der Waals surface area contributed by atoms with E-state index in [1.165, 1.54) is 24.4 Å². The van der Waals surface area contributed by atoms with Crippen LogP contribution in [-0.4, -0.2) is 31.5 Å². The Morgan fingerprint density at radius 1 is 1.48 bits per heavy atom. The van der Waals surface area contributed by atoms with Gasteiger partial charge in [-0.05, 0) is 18.2 Å². The SMILES string of the molecule is COC(=O)c1cc(N)ccc1S(=O)(=O)NCc1ncc[nH]1. The summed E-state index contributed by atoms with van der Waals surface area (Å²) in [5.74, 6) is -0.325. The molecule has 1 heterocycles. The molecule has 21 heavy (non-hydrogen) atoms. The summed E-state index contributed by atoms with van der Waals surface area (Å²) in [6.07, 6.45) is 3.08. The van der Waals surface area contributed by atoms with Gasteiger partial charge in [0.25, 0.3) is 0 Å². The maximum atomic E-state index is 12.3. The van der Waals surface area contributed by atoms with Crippen molar-refractivity contribution in [3.05, 3.63) is 42.0 Å². The van der Waals surface area contributed by atoms with Crippen molar-refractivity contribution < 1.29 is 17.9 Å². The van der Waals surface area contributed by atoms with Crippen LogP contribution in [0.5, 0.6) is 0 Å². The van der Waals surface area contributed by atoms with E-state index >= 15 is 0 Å². The molecule has 1 aromatic heterocycles. The fraction of sp³-hybridized carbons (Fsp3) is 0.167. The minimum atomic E-state index is -3.91. The average molecular weight is 310 g/mol. The summed E-state index contributed by atoms with van der Waals surface area (Å²) in [7, 11) is -2.74. The summed E-state index contributed by atoms with van der Waals surface area (Å²) in [6, 6.07) is 3.91. The van der Waals surface area contributed by atoms with Gasteiger partial charge in [-0.3, -0.25) is 0 Å². The number of sulfonamides is 1. The minimum absolute atomic E-state index is 0.0275. The molecule has 0 aliphatic carbocycles. The molecule has 0 bridgehead atoms. The number of benzene rings is 1. The Kier molecular flexibility index (Phi) is 4.24. The third-order valence-electron chi connectivity index (χ3n) is 2.68. The largest absolute Gasteiger partial charge is 0.465 e. The van der Waals surface area contributed by atoms with Crippen molar-refractivity contribution in [2.75, 3.05) is 12.8 Å². The van der Waals surface area contributed by atoms with Crippen molar-refractivity contribution in [3.63, 3.8) is 0 Å². The highest BCUT2D eigenvalue weighted by Gasteiger charge is 2.23. The van der Waals surface area contributed by atoms with Crippen LogP contribution in [0.3, 0.4) is 0 Å². The lowest BCUT2D eigenvalue weighted by atomic mass is 10.2. The first-order valence-corrected chi connectivity index (χ1v) is 7.38. The van der Waals surface area contributed by atoms with Gasteiger partial charge in [-0.2, -0.15) is 0 Å². The number of rotatable bonds is 5. The van der Waals surface area contributed by atoms with E-state index in [1.807, 2.05) is 0 Å². The van der Waals surface area contributed by atoms with Crippen LogP contribution in [0, 0.1) is 0 Å². The van der Waals surface area contributed by atoms with Gasteiger partial charge in [0.2, 0.25) is 10.0 Å². The number of nitrogens with two attached hydrogens (primary N) is 1. The molecule has 4 N–H and O–H groups in total. The van der Waals surface area contributed by atoms with Crippen LogP contribution in [0.2, 0.25) is 0 Å². The number of carbonyl (C=O) groups is 1. The number of H-pyrrole nitrogens is 1. The summed E-state index contributed by atoms with van der Waals surface area (Å²) < 4.78 is 31.5. The fourth-order valence-corrected chi connectivity index (χ4v) is 2.85. The average Bonchev–Trinajstić information content (AvgIpc) is 2.97. The zero-order chi connectivity index (χ0) is 15.5. The number of hydrogen-bond donors (Lipinski definition) is 3. The molecule has 0 amide bonds. The molecule has 2 rings (SSSR count). The molecule has 8 nitrogen and oxygen atoms in total. The third-order valence-corrected chi connectivity index (χ3v) is 4.14. The van der Waals surface area contributed by atoms with E-state index in [1.54, 1.807) is 6.20 Å². The van der Waals surface area contributed by atoms with E-state index in [0.29, 0.717) is 5.82 Å². The number of hydrogen-bond acceptors (Lipinski definition) is 6. The Morgan fingerprint density at radius 3 is 2.86 bits per heavy atom. The first-order valence-electron chi connectivity index (χ1n) is 5.90. The molecule has 1 aromatic carbocycles. The smallest absolute Gasteiger partial charge is 0.339 e. The Balaban J connectivity index is 2.33. The van der Waals surface area contributed by atoms with Gasteiger partial charge in [0, 0.05) is 18.1 Å². The summed E-state index contributed by atoms with van der Waals surface area (Å²) >= 11 is 0. The van der Waals surface area contributed by atoms with Gasteiger partial charge in [0.15, 0.2) is 0 Å². The second-order valence-electron chi connectivity index (χ2n) is 4.11. The molecule has 0 spiro atoms. The standard InChI is InChI=1S/C12H14N4O4S/c1-20-12(17)9-6-8(13)2-3-10(9)21(18,19)16-7-11-14-4-5-15-11/h2-6,16H,7,13H2,1H3,(H,14,15). The predicted octanol–water partition coefficient (Wildman–Crippen LogP) is 0.257. The predicted molar refractivity (Wildman–Crippen MR) is 74.8 cm³/mol. The molecule has 9 heteroatoms. The van der Waals surface area contributed by atoms with Crippen molar-refractivity contribution in [2.24, 2.45) is 0 Å². The summed E-state index contributed by atoms with van der Waals surface area (Å²) in [4.78, 5) is 18.2. The van der Waals surface area contributed by atoms with E-state index in [2.05, 4.69) is 19.4 Å². The van der Waals surface area contributed by atoms with Gasteiger partial charge < -0.3 is 15.5 Å². The normalized spacial score (nSPS) is 11.3. The number of ether oxygens (including phenoxy) is 1. The van der Waals surface area contributed by atoms with Crippen LogP contribution in [0.1, 0.15) is 16.2 Å². The van der Waals surface area contributed by atoms with Crippen LogP contribution in [-0.2, 0) is 21.3 Å². The highest BCUT2D eigenvalue weighted by atomic mass is 32.2. The Hall–Kier alpha value is -2.39. The van der Waals surface area contributed by atoms with Gasteiger partial charge in [0.1, 0.15) is 5.82 Å². The van der Waals surface area contributed by atoms with Gasteiger partial charge in [-0.15, -0.1) is 0 Å². The maximum absolute atomic E-state index is 12.3. The molecule has 0 aliphatic rings. The number of carbonyl (C=O) groups excluding carboxylic acids is 1. The van der Waals surface area contributed by atoms with E-state index in [9.17, 15) is 13.2 Å². The van der Waals surface area contributed by atoms with Crippen molar-refractivity contribution in [1.82, 2.24) is 14.7 Å². The van der Waals surface area contributed by atoms with E-state index in [-0.39, 0.29) is 22.7 Å². The molecule has 0 aliphatic heterocycles. The number of nitrogens with one attached hydrogen (secondary N) is 2. The molecule has 0 saturated heterocycles. The Morgan fingerprint density at radius 2 is 2.24 bits per heavy atom. The molecule has 0 atom stereocenters. The number of aromatic nitrogens is 2. The van der Waals surface area contributed by atoms with E-state index in [4.69, 9.17) is 5.73 Å². The second-order valence-corrected chi connectivity index (χ2v) is 5.84. The number of nitrogen functional groups attached to an aromatic ring is 1. The third kappa shape index (κ3) is 3.38. The van der Waals surface area contributed by atoms with Gasteiger partial charge >= 0.3 is 5.97 Å². The number of nitrogens with zero attached hydrogens (tertiary/aromatic N) is 1. The lowest BCUT2D eigenvalue weighted by molar-refractivity contribution is 0.0596. The lowest BCUT2D eigenvalue weighted by Gasteiger charge is -2.10. The summed E-state index contributed by atoms with van der Waals surface area (Å²) in [5, 5.41) is 0. The van der Waals surface area contributed by atoms with Crippen LogP contribution in [0.15, 0.2) is 35.5 Å². The van der Waals surface area contributed by atoms with Gasteiger partial charge in [0.05, 0.1) is 24.1 Å². The number of esters is 1. The highest BCUT2D eigenvalue weighted by Crippen LogP contribution is 2.20. The van der Waals surface area contributed by atoms with E-state index < -0.39 is 16.0 Å². The topological polar surface area (TPSA) is 127 Å². The zero-order valence-electron chi connectivity index (χ0n) is 11.2. The molecule has 0 unspecified atom stereocenters. The molecule has 0 radical (unpaired) electrons. The molecular formula is C12H14N4O4S. The highest BCUT2D eigenvalue weighted by molar-refractivity contribution is 7.89. The van der Waals surface area contributed by atoms with Crippen LogP contribution in [0.4, 0.5) is 5.69 Å². The monoisotopic (exact) mass is 310 g/mol. The Labute approximate surface area is 121 Å². The first kappa shape index (κ1) is 15.0. The summed E-state index contributed by atoms with van der Waals surface area (Å²) in [6.45, 7) is -0.0275. The first-order chi connectivity index (χ1) is 9.94. The molecule has 112 valence electrons. The molecule has 0 saturated carbocycles. The molecule has 2 aromatic rings. The fourth-order valence-electron chi connectivity index (χ4n) is 1.69. The molecular weight excluding hydrogens is 296 g/mol. The van der Waals surface area contributed by atoms with E-state index in [0.717, 1.165) is 7.11 Å². The van der Waals surface area contributed by atoms with Crippen molar-refractivity contribution in [3.8, 4) is 0 Å². The molecule has 0 fully saturated rings. The number of anilines is 1.